The lowest BCUT2D eigenvalue weighted by molar-refractivity contribution is -0.141. The highest BCUT2D eigenvalue weighted by Gasteiger charge is 2.41. The van der Waals surface area contributed by atoms with Gasteiger partial charge in [-0.05, 0) is 13.3 Å². The van der Waals surface area contributed by atoms with Gasteiger partial charge in [-0.3, -0.25) is 4.90 Å². The first-order valence-corrected chi connectivity index (χ1v) is 7.96. The van der Waals surface area contributed by atoms with Crippen LogP contribution in [0, 0.1) is 0 Å². The van der Waals surface area contributed by atoms with Gasteiger partial charge in [-0.1, -0.05) is 6.92 Å². The van der Waals surface area contributed by atoms with Crippen molar-refractivity contribution in [2.24, 2.45) is 0 Å². The Labute approximate surface area is 127 Å². The molecule has 1 aliphatic rings. The first-order chi connectivity index (χ1) is 10.0. The molecule has 1 aliphatic heterocycles. The number of carbonyl (C=O) groups is 2. The zero-order valence-electron chi connectivity index (χ0n) is 12.1. The Morgan fingerprint density at radius 2 is 2.33 bits per heavy atom. The van der Waals surface area contributed by atoms with Gasteiger partial charge in [-0.15, -0.1) is 11.8 Å². The maximum Gasteiger partial charge on any atom is 0.327 e. The van der Waals surface area contributed by atoms with Crippen LogP contribution >= 0.6 is 11.8 Å². The summed E-state index contributed by atoms with van der Waals surface area (Å²) < 4.78 is 1.87. The maximum atomic E-state index is 12.4. The molecule has 116 valence electrons. The number of carbonyl (C=O) groups excluding carboxylic acids is 1. The quantitative estimate of drug-likeness (QED) is 0.853. The number of carboxylic acid groups (broad SMARTS) is 1. The van der Waals surface area contributed by atoms with E-state index in [1.165, 1.54) is 16.7 Å². The largest absolute Gasteiger partial charge is 0.480 e. The Morgan fingerprint density at radius 1 is 1.57 bits per heavy atom. The summed E-state index contributed by atoms with van der Waals surface area (Å²) in [5.41, 5.74) is 0. The molecule has 2 heterocycles. The van der Waals surface area contributed by atoms with E-state index in [1.807, 2.05) is 24.6 Å². The summed E-state index contributed by atoms with van der Waals surface area (Å²) in [6.07, 6.45) is 5.92. The summed E-state index contributed by atoms with van der Waals surface area (Å²) >= 11 is 1.52. The Morgan fingerprint density at radius 3 is 2.90 bits per heavy atom. The Kier molecular flexibility index (Phi) is 5.11. The second kappa shape index (κ2) is 6.84. The number of imidazole rings is 1. The van der Waals surface area contributed by atoms with Gasteiger partial charge in [0.25, 0.3) is 0 Å². The molecule has 3 unspecified atom stereocenters. The van der Waals surface area contributed by atoms with Gasteiger partial charge in [-0.2, -0.15) is 0 Å². The van der Waals surface area contributed by atoms with Gasteiger partial charge >= 0.3 is 12.0 Å². The highest BCUT2D eigenvalue weighted by atomic mass is 32.2. The summed E-state index contributed by atoms with van der Waals surface area (Å²) in [5.74, 6) is -0.507. The fourth-order valence-electron chi connectivity index (χ4n) is 2.38. The number of nitrogens with zero attached hydrogens (tertiary/aromatic N) is 3. The van der Waals surface area contributed by atoms with Crippen LogP contribution in [0.1, 0.15) is 20.3 Å². The Hall–Kier alpha value is -1.70. The fourth-order valence-corrected chi connectivity index (χ4v) is 3.73. The van der Waals surface area contributed by atoms with E-state index in [0.29, 0.717) is 12.3 Å². The van der Waals surface area contributed by atoms with Crippen LogP contribution in [0.5, 0.6) is 0 Å². The molecule has 0 bridgehead atoms. The summed E-state index contributed by atoms with van der Waals surface area (Å²) in [6, 6.07) is -1.17. The minimum Gasteiger partial charge on any atom is -0.480 e. The zero-order chi connectivity index (χ0) is 15.4. The monoisotopic (exact) mass is 312 g/mol. The highest BCUT2D eigenvalue weighted by Crippen LogP contribution is 2.31. The van der Waals surface area contributed by atoms with Gasteiger partial charge in [-0.25, -0.2) is 14.6 Å². The van der Waals surface area contributed by atoms with E-state index in [0.717, 1.165) is 6.42 Å². The van der Waals surface area contributed by atoms with Gasteiger partial charge in [0.2, 0.25) is 0 Å². The third kappa shape index (κ3) is 3.69. The van der Waals surface area contributed by atoms with E-state index < -0.39 is 12.0 Å². The van der Waals surface area contributed by atoms with Crippen molar-refractivity contribution in [2.75, 3.05) is 5.75 Å². The molecule has 0 aromatic carbocycles. The number of amides is 2. The number of aromatic nitrogens is 2. The molecule has 2 amide bonds. The average Bonchev–Trinajstić information content (AvgIpc) is 3.06. The highest BCUT2D eigenvalue weighted by molar-refractivity contribution is 8.00. The molecule has 2 rings (SSSR count). The van der Waals surface area contributed by atoms with Crippen molar-refractivity contribution in [1.29, 1.82) is 0 Å². The number of rotatable bonds is 5. The van der Waals surface area contributed by atoms with Crippen LogP contribution in [-0.2, 0) is 11.3 Å². The fraction of sp³-hybridized carbons (Fsp3) is 0.615. The summed E-state index contributed by atoms with van der Waals surface area (Å²) in [7, 11) is 0. The second-order valence-electron chi connectivity index (χ2n) is 5.07. The molecule has 3 atom stereocenters. The van der Waals surface area contributed by atoms with E-state index in [4.69, 9.17) is 0 Å². The third-order valence-corrected chi connectivity index (χ3v) is 4.83. The molecule has 8 heteroatoms. The SMILES string of the molecule is CCC1SCC(C(=O)O)N1C(=O)NC(C)Cn1ccnc1. The minimum atomic E-state index is -0.948. The summed E-state index contributed by atoms with van der Waals surface area (Å²) in [5, 5.41) is 12.0. The van der Waals surface area contributed by atoms with Crippen LogP contribution in [0.4, 0.5) is 4.79 Å². The molecule has 0 radical (unpaired) electrons. The number of aliphatic carboxylic acids is 1. The van der Waals surface area contributed by atoms with Crippen LogP contribution in [0.2, 0.25) is 0 Å². The van der Waals surface area contributed by atoms with Crippen molar-refractivity contribution in [1.82, 2.24) is 19.8 Å². The zero-order valence-corrected chi connectivity index (χ0v) is 12.9. The summed E-state index contributed by atoms with van der Waals surface area (Å²) in [4.78, 5) is 29.1. The van der Waals surface area contributed by atoms with Crippen LogP contribution in [0.3, 0.4) is 0 Å². The lowest BCUT2D eigenvalue weighted by Gasteiger charge is -2.28. The van der Waals surface area contributed by atoms with Crippen LogP contribution in [-0.4, -0.2) is 54.8 Å². The maximum absolute atomic E-state index is 12.4. The van der Waals surface area contributed by atoms with Gasteiger partial charge in [0.05, 0.1) is 11.7 Å². The van der Waals surface area contributed by atoms with Crippen molar-refractivity contribution < 1.29 is 14.7 Å². The van der Waals surface area contributed by atoms with Crippen molar-refractivity contribution in [3.05, 3.63) is 18.7 Å². The van der Waals surface area contributed by atoms with E-state index in [2.05, 4.69) is 10.3 Å². The van der Waals surface area contributed by atoms with E-state index in [-0.39, 0.29) is 17.4 Å². The number of hydrogen-bond donors (Lipinski definition) is 2. The molecular weight excluding hydrogens is 292 g/mol. The molecule has 0 spiro atoms. The average molecular weight is 312 g/mol. The number of thioether (sulfide) groups is 1. The molecule has 1 fully saturated rings. The molecule has 1 aromatic rings. The molecule has 7 nitrogen and oxygen atoms in total. The van der Waals surface area contributed by atoms with Crippen molar-refractivity contribution in [3.63, 3.8) is 0 Å². The molecule has 0 aliphatic carbocycles. The topological polar surface area (TPSA) is 87.5 Å². The normalized spacial score (nSPS) is 23.0. The number of nitrogens with one attached hydrogen (secondary N) is 1. The molecule has 1 saturated heterocycles. The minimum absolute atomic E-state index is 0.0773. The number of urea groups is 1. The Balaban J connectivity index is 1.98. The van der Waals surface area contributed by atoms with Crippen molar-refractivity contribution in [3.8, 4) is 0 Å². The lowest BCUT2D eigenvalue weighted by atomic mass is 10.2. The Bertz CT molecular complexity index is 494. The van der Waals surface area contributed by atoms with Crippen molar-refractivity contribution >= 4 is 23.8 Å². The molecule has 1 aromatic heterocycles. The molecule has 21 heavy (non-hydrogen) atoms. The molecule has 0 saturated carbocycles. The number of hydrogen-bond acceptors (Lipinski definition) is 4. The summed E-state index contributed by atoms with van der Waals surface area (Å²) in [6.45, 7) is 4.44. The second-order valence-corrected chi connectivity index (χ2v) is 6.28. The van der Waals surface area contributed by atoms with Crippen LogP contribution in [0.15, 0.2) is 18.7 Å². The molecule has 2 N–H and O–H groups in total. The van der Waals surface area contributed by atoms with Crippen molar-refractivity contribution in [2.45, 2.75) is 44.3 Å². The van der Waals surface area contributed by atoms with E-state index in [9.17, 15) is 14.7 Å². The van der Waals surface area contributed by atoms with Crippen LogP contribution < -0.4 is 5.32 Å². The predicted octanol–water partition coefficient (Wildman–Crippen LogP) is 1.22. The van der Waals surface area contributed by atoms with Gasteiger partial charge in [0.1, 0.15) is 6.04 Å². The van der Waals surface area contributed by atoms with Gasteiger partial charge < -0.3 is 15.0 Å². The van der Waals surface area contributed by atoms with Gasteiger partial charge in [0, 0.05) is 30.7 Å². The standard InChI is InChI=1S/C13H20N4O3S/c1-3-11-17(10(7-21-11)12(18)19)13(20)15-9(2)6-16-5-4-14-8-16/h4-5,8-11H,3,6-7H2,1-2H3,(H,15,20)(H,18,19). The van der Waals surface area contributed by atoms with E-state index >= 15 is 0 Å². The van der Waals surface area contributed by atoms with E-state index in [1.54, 1.807) is 12.5 Å². The third-order valence-electron chi connectivity index (χ3n) is 3.38. The van der Waals surface area contributed by atoms with Crippen LogP contribution in [0.25, 0.3) is 0 Å². The number of carboxylic acids is 1. The first-order valence-electron chi connectivity index (χ1n) is 6.92. The smallest absolute Gasteiger partial charge is 0.327 e. The lowest BCUT2D eigenvalue weighted by Crippen LogP contribution is -2.52. The van der Waals surface area contributed by atoms with Gasteiger partial charge in [0.15, 0.2) is 0 Å². The predicted molar refractivity (Wildman–Crippen MR) is 80.0 cm³/mol. The molecular formula is C13H20N4O3S. The first kappa shape index (κ1) is 15.7.